The number of amides is 1. The maximum Gasteiger partial charge on any atom is 0.233 e. The molecule has 0 spiro atoms. The number of nitrogens with zero attached hydrogens (tertiary/aromatic N) is 5. The highest BCUT2D eigenvalue weighted by Gasteiger charge is 2.36. The number of carbonyl (C=O) groups excluding carboxylic acids is 1. The Morgan fingerprint density at radius 3 is 2.79 bits per heavy atom. The van der Waals surface area contributed by atoms with Crippen LogP contribution in [0.5, 0.6) is 0 Å². The van der Waals surface area contributed by atoms with Gasteiger partial charge >= 0.3 is 0 Å². The van der Waals surface area contributed by atoms with E-state index < -0.39 is 9.84 Å². The first-order valence-corrected chi connectivity index (χ1v) is 12.1. The molecule has 0 saturated carbocycles. The first-order valence-electron chi connectivity index (χ1n) is 9.31. The second-order valence-corrected chi connectivity index (χ2v) is 10.2. The average molecular weight is 424 g/mol. The molecule has 1 aliphatic heterocycles. The van der Waals surface area contributed by atoms with Gasteiger partial charge in [0.1, 0.15) is 0 Å². The van der Waals surface area contributed by atoms with Crippen LogP contribution in [0.25, 0.3) is 5.69 Å². The predicted octanol–water partition coefficient (Wildman–Crippen LogP) is 1.88. The molecule has 8 nitrogen and oxygen atoms in total. The van der Waals surface area contributed by atoms with Crippen molar-refractivity contribution in [2.24, 2.45) is 0 Å². The molecular formula is C18H25N5O3S2. The summed E-state index contributed by atoms with van der Waals surface area (Å²) < 4.78 is 25.4. The molecule has 1 aromatic heterocycles. The Hall–Kier alpha value is -1.94. The van der Waals surface area contributed by atoms with Crippen LogP contribution in [-0.4, -0.2) is 68.8 Å². The number of benzene rings is 1. The minimum absolute atomic E-state index is 0.0150. The van der Waals surface area contributed by atoms with Gasteiger partial charge in [0.15, 0.2) is 9.84 Å². The maximum absolute atomic E-state index is 13.0. The molecule has 0 N–H and O–H groups in total. The molecule has 3 rings (SSSR count). The molecule has 1 saturated heterocycles. The zero-order valence-corrected chi connectivity index (χ0v) is 17.9. The van der Waals surface area contributed by atoms with Crippen molar-refractivity contribution < 1.29 is 13.2 Å². The number of aromatic nitrogens is 4. The molecule has 2 heterocycles. The third-order valence-electron chi connectivity index (χ3n) is 5.06. The van der Waals surface area contributed by atoms with E-state index in [1.165, 1.54) is 11.8 Å². The summed E-state index contributed by atoms with van der Waals surface area (Å²) in [6, 6.07) is 7.49. The van der Waals surface area contributed by atoms with E-state index in [0.29, 0.717) is 11.6 Å². The molecule has 1 aliphatic rings. The van der Waals surface area contributed by atoms with Crippen LogP contribution in [0.3, 0.4) is 0 Å². The van der Waals surface area contributed by atoms with Crippen molar-refractivity contribution in [1.29, 1.82) is 0 Å². The summed E-state index contributed by atoms with van der Waals surface area (Å²) in [4.78, 5) is 14.7. The highest BCUT2D eigenvalue weighted by molar-refractivity contribution is 7.99. The number of tetrazole rings is 1. The van der Waals surface area contributed by atoms with Gasteiger partial charge in [-0.15, -0.1) is 5.10 Å². The number of hydrogen-bond donors (Lipinski definition) is 0. The number of hydrogen-bond acceptors (Lipinski definition) is 7. The fourth-order valence-corrected chi connectivity index (χ4v) is 5.89. The smallest absolute Gasteiger partial charge is 0.233 e. The van der Waals surface area contributed by atoms with Crippen molar-refractivity contribution in [1.82, 2.24) is 25.1 Å². The van der Waals surface area contributed by atoms with Gasteiger partial charge in [-0.25, -0.2) is 8.42 Å². The van der Waals surface area contributed by atoms with Gasteiger partial charge in [0.05, 0.1) is 22.9 Å². The van der Waals surface area contributed by atoms with E-state index in [-0.39, 0.29) is 35.2 Å². The average Bonchev–Trinajstić information content (AvgIpc) is 3.26. The third kappa shape index (κ3) is 4.54. The number of rotatable bonds is 7. The first kappa shape index (κ1) is 20.8. The fourth-order valence-electron chi connectivity index (χ4n) is 3.42. The number of para-hydroxylation sites is 1. The minimum Gasteiger partial charge on any atom is -0.335 e. The summed E-state index contributed by atoms with van der Waals surface area (Å²) in [5.74, 6) is 0.277. The van der Waals surface area contributed by atoms with Crippen LogP contribution in [0.15, 0.2) is 29.4 Å². The topological polar surface area (TPSA) is 98.1 Å². The van der Waals surface area contributed by atoms with E-state index in [4.69, 9.17) is 0 Å². The lowest BCUT2D eigenvalue weighted by Gasteiger charge is -2.33. The van der Waals surface area contributed by atoms with Crippen LogP contribution in [0, 0.1) is 6.92 Å². The molecule has 10 heteroatoms. The lowest BCUT2D eigenvalue weighted by atomic mass is 10.1. The molecule has 2 aromatic rings. The van der Waals surface area contributed by atoms with Crippen molar-refractivity contribution in [3.63, 3.8) is 0 Å². The standard InChI is InChI=1S/C18H25N5O3S2/c1-4-14(3)22(15-9-10-28(25,26)12-15)17(24)11-27-18-19-20-21-23(18)16-8-6-5-7-13(16)2/h5-8,14-15H,4,9-12H2,1-3H3. The third-order valence-corrected chi connectivity index (χ3v) is 7.72. The number of carbonyl (C=O) groups is 1. The molecule has 1 fully saturated rings. The fraction of sp³-hybridized carbons (Fsp3) is 0.556. The van der Waals surface area contributed by atoms with Crippen LogP contribution in [0.4, 0.5) is 0 Å². The molecule has 28 heavy (non-hydrogen) atoms. The van der Waals surface area contributed by atoms with Gasteiger partial charge in [0.25, 0.3) is 0 Å². The normalized spacial score (nSPS) is 19.5. The molecule has 152 valence electrons. The summed E-state index contributed by atoms with van der Waals surface area (Å²) in [7, 11) is -3.06. The van der Waals surface area contributed by atoms with Gasteiger partial charge in [-0.2, -0.15) is 4.68 Å². The summed E-state index contributed by atoms with van der Waals surface area (Å²) in [5, 5.41) is 12.4. The van der Waals surface area contributed by atoms with Crippen LogP contribution < -0.4 is 0 Å². The summed E-state index contributed by atoms with van der Waals surface area (Å²) in [6.07, 6.45) is 1.28. The van der Waals surface area contributed by atoms with E-state index >= 15 is 0 Å². The first-order chi connectivity index (χ1) is 13.3. The Labute approximate surface area is 169 Å². The van der Waals surface area contributed by atoms with E-state index in [1.807, 2.05) is 45.0 Å². The van der Waals surface area contributed by atoms with Crippen molar-refractivity contribution >= 4 is 27.5 Å². The van der Waals surface area contributed by atoms with Crippen LogP contribution in [-0.2, 0) is 14.6 Å². The monoisotopic (exact) mass is 423 g/mol. The quantitative estimate of drug-likeness (QED) is 0.627. The number of sulfone groups is 1. The van der Waals surface area contributed by atoms with Gasteiger partial charge in [-0.05, 0) is 48.7 Å². The van der Waals surface area contributed by atoms with Gasteiger partial charge in [-0.1, -0.05) is 36.9 Å². The van der Waals surface area contributed by atoms with E-state index in [0.717, 1.165) is 17.7 Å². The van der Waals surface area contributed by atoms with E-state index in [2.05, 4.69) is 15.5 Å². The molecular weight excluding hydrogens is 398 g/mol. The Balaban J connectivity index is 1.74. The summed E-state index contributed by atoms with van der Waals surface area (Å²) in [6.45, 7) is 5.94. The Morgan fingerprint density at radius 2 is 2.14 bits per heavy atom. The zero-order chi connectivity index (χ0) is 20.3. The highest BCUT2D eigenvalue weighted by atomic mass is 32.2. The lowest BCUT2D eigenvalue weighted by Crippen LogP contribution is -2.47. The SMILES string of the molecule is CCC(C)N(C(=O)CSc1nnnn1-c1ccccc1C)C1CCS(=O)(=O)C1. The van der Waals surface area contributed by atoms with Crippen LogP contribution in [0.1, 0.15) is 32.3 Å². The van der Waals surface area contributed by atoms with Crippen molar-refractivity contribution in [2.75, 3.05) is 17.3 Å². The summed E-state index contributed by atoms with van der Waals surface area (Å²) in [5.41, 5.74) is 1.89. The van der Waals surface area contributed by atoms with Crippen LogP contribution >= 0.6 is 11.8 Å². The van der Waals surface area contributed by atoms with Gasteiger partial charge in [0, 0.05) is 12.1 Å². The Kier molecular flexibility index (Phi) is 6.39. The second kappa shape index (κ2) is 8.60. The Morgan fingerprint density at radius 1 is 1.39 bits per heavy atom. The maximum atomic E-state index is 13.0. The minimum atomic E-state index is -3.06. The predicted molar refractivity (Wildman–Crippen MR) is 108 cm³/mol. The van der Waals surface area contributed by atoms with Gasteiger partial charge in [-0.3, -0.25) is 4.79 Å². The van der Waals surface area contributed by atoms with Gasteiger partial charge in [0.2, 0.25) is 11.1 Å². The number of thioether (sulfide) groups is 1. The molecule has 0 bridgehead atoms. The molecule has 0 aliphatic carbocycles. The lowest BCUT2D eigenvalue weighted by molar-refractivity contribution is -0.132. The van der Waals surface area contributed by atoms with E-state index in [1.54, 1.807) is 9.58 Å². The molecule has 2 unspecified atom stereocenters. The van der Waals surface area contributed by atoms with Crippen molar-refractivity contribution in [2.45, 2.75) is 50.9 Å². The zero-order valence-electron chi connectivity index (χ0n) is 16.3. The number of aryl methyl sites for hydroxylation is 1. The highest BCUT2D eigenvalue weighted by Crippen LogP contribution is 2.25. The van der Waals surface area contributed by atoms with Crippen LogP contribution in [0.2, 0.25) is 0 Å². The summed E-state index contributed by atoms with van der Waals surface area (Å²) >= 11 is 1.27. The largest absolute Gasteiger partial charge is 0.335 e. The second-order valence-electron chi connectivity index (χ2n) is 7.06. The van der Waals surface area contributed by atoms with Crippen molar-refractivity contribution in [3.8, 4) is 5.69 Å². The molecule has 1 aromatic carbocycles. The molecule has 0 radical (unpaired) electrons. The van der Waals surface area contributed by atoms with Crippen molar-refractivity contribution in [3.05, 3.63) is 29.8 Å². The molecule has 2 atom stereocenters. The van der Waals surface area contributed by atoms with Gasteiger partial charge < -0.3 is 4.90 Å². The Bertz CT molecular complexity index is 944. The molecule has 1 amide bonds. The van der Waals surface area contributed by atoms with E-state index in [9.17, 15) is 13.2 Å².